The molecule has 0 radical (unpaired) electrons. The highest BCUT2D eigenvalue weighted by Crippen LogP contribution is 2.22. The van der Waals surface area contributed by atoms with Crippen LogP contribution in [0.15, 0.2) is 24.3 Å². The first kappa shape index (κ1) is 14.6. The van der Waals surface area contributed by atoms with Crippen molar-refractivity contribution in [2.75, 3.05) is 6.61 Å². The highest BCUT2D eigenvalue weighted by Gasteiger charge is 2.13. The Balaban J connectivity index is 2.34. The smallest absolute Gasteiger partial charge is 0.338 e. The third kappa shape index (κ3) is 2.85. The van der Waals surface area contributed by atoms with Gasteiger partial charge in [-0.15, -0.1) is 0 Å². The molecule has 4 nitrogen and oxygen atoms in total. The van der Waals surface area contributed by atoms with Crippen molar-refractivity contribution in [3.8, 4) is 5.69 Å². The molecule has 106 valence electrons. The Morgan fingerprint density at radius 2 is 2.15 bits per heavy atom. The molecular weight excluding hydrogens is 276 g/mol. The van der Waals surface area contributed by atoms with Crippen molar-refractivity contribution in [1.82, 2.24) is 9.78 Å². The molecule has 1 aromatic heterocycles. The predicted octanol–water partition coefficient (Wildman–Crippen LogP) is 3.71. The van der Waals surface area contributed by atoms with Gasteiger partial charge in [0.15, 0.2) is 0 Å². The minimum Gasteiger partial charge on any atom is -0.462 e. The molecular formula is C15H17ClN2O2. The minimum atomic E-state index is -0.318. The van der Waals surface area contributed by atoms with Crippen molar-refractivity contribution < 1.29 is 9.53 Å². The van der Waals surface area contributed by atoms with Crippen molar-refractivity contribution in [3.63, 3.8) is 0 Å². The molecule has 0 unspecified atom stereocenters. The molecule has 0 saturated carbocycles. The predicted molar refractivity (Wildman–Crippen MR) is 78.6 cm³/mol. The summed E-state index contributed by atoms with van der Waals surface area (Å²) in [6.45, 7) is 6.13. The van der Waals surface area contributed by atoms with Crippen molar-refractivity contribution in [1.29, 1.82) is 0 Å². The number of nitrogens with zero attached hydrogens (tertiary/aromatic N) is 2. The van der Waals surface area contributed by atoms with Crippen molar-refractivity contribution in [3.05, 3.63) is 46.2 Å². The lowest BCUT2D eigenvalue weighted by atomic mass is 10.2. The van der Waals surface area contributed by atoms with E-state index in [1.165, 1.54) is 0 Å². The van der Waals surface area contributed by atoms with Crippen LogP contribution in [0.25, 0.3) is 5.69 Å². The molecule has 20 heavy (non-hydrogen) atoms. The highest BCUT2D eigenvalue weighted by atomic mass is 35.5. The van der Waals surface area contributed by atoms with Crippen LogP contribution in [0, 0.1) is 13.8 Å². The summed E-state index contributed by atoms with van der Waals surface area (Å²) in [5, 5.41) is 5.02. The molecule has 5 heteroatoms. The number of carbonyl (C=O) groups is 1. The van der Waals surface area contributed by atoms with Crippen LogP contribution in [0.4, 0.5) is 0 Å². The van der Waals surface area contributed by atoms with Crippen LogP contribution in [0.2, 0.25) is 5.02 Å². The maximum absolute atomic E-state index is 11.9. The summed E-state index contributed by atoms with van der Waals surface area (Å²) in [7, 11) is 0. The van der Waals surface area contributed by atoms with E-state index in [1.807, 2.05) is 32.9 Å². The number of carbonyl (C=O) groups excluding carboxylic acids is 1. The maximum Gasteiger partial charge on any atom is 0.338 e. The Morgan fingerprint density at radius 1 is 1.40 bits per heavy atom. The van der Waals surface area contributed by atoms with Gasteiger partial charge in [-0.3, -0.25) is 0 Å². The molecule has 0 spiro atoms. The third-order valence-electron chi connectivity index (χ3n) is 2.97. The number of halogens is 1. The van der Waals surface area contributed by atoms with Crippen LogP contribution < -0.4 is 0 Å². The number of ether oxygens (including phenoxy) is 1. The van der Waals surface area contributed by atoms with Crippen LogP contribution in [0.1, 0.15) is 35.1 Å². The molecule has 0 aliphatic heterocycles. The van der Waals surface area contributed by atoms with Crippen molar-refractivity contribution in [2.45, 2.75) is 27.2 Å². The summed E-state index contributed by atoms with van der Waals surface area (Å²) >= 11 is 6.14. The summed E-state index contributed by atoms with van der Waals surface area (Å²) < 4.78 is 6.86. The Labute approximate surface area is 123 Å². The van der Waals surface area contributed by atoms with E-state index >= 15 is 0 Å². The first-order valence-corrected chi connectivity index (χ1v) is 6.91. The minimum absolute atomic E-state index is 0.318. The van der Waals surface area contributed by atoms with Crippen LogP contribution in [-0.4, -0.2) is 22.4 Å². The zero-order valence-electron chi connectivity index (χ0n) is 11.8. The Kier molecular flexibility index (Phi) is 4.45. The van der Waals surface area contributed by atoms with Gasteiger partial charge in [0.2, 0.25) is 0 Å². The molecule has 2 rings (SSSR count). The van der Waals surface area contributed by atoms with Gasteiger partial charge in [-0.1, -0.05) is 24.6 Å². The molecule has 0 saturated heterocycles. The number of aromatic nitrogens is 2. The lowest BCUT2D eigenvalue weighted by Gasteiger charge is -2.07. The second-order valence-electron chi connectivity index (χ2n) is 4.58. The van der Waals surface area contributed by atoms with Crippen LogP contribution in [-0.2, 0) is 4.74 Å². The molecule has 0 N–H and O–H groups in total. The van der Waals surface area contributed by atoms with E-state index in [4.69, 9.17) is 16.3 Å². The van der Waals surface area contributed by atoms with Crippen molar-refractivity contribution in [2.24, 2.45) is 0 Å². The monoisotopic (exact) mass is 292 g/mol. The summed E-state index contributed by atoms with van der Waals surface area (Å²) in [6.07, 6.45) is 0.804. The Morgan fingerprint density at radius 3 is 2.75 bits per heavy atom. The summed E-state index contributed by atoms with van der Waals surface area (Å²) in [4.78, 5) is 11.9. The molecule has 1 heterocycles. The molecule has 0 atom stereocenters. The summed E-state index contributed by atoms with van der Waals surface area (Å²) in [5.74, 6) is -0.318. The largest absolute Gasteiger partial charge is 0.462 e. The molecule has 0 fully saturated rings. The van der Waals surface area contributed by atoms with Crippen LogP contribution >= 0.6 is 11.6 Å². The molecule has 0 amide bonds. The van der Waals surface area contributed by atoms with E-state index in [0.717, 1.165) is 23.5 Å². The number of esters is 1. The van der Waals surface area contributed by atoms with E-state index in [0.29, 0.717) is 17.2 Å². The number of rotatable bonds is 4. The number of benzene rings is 1. The van der Waals surface area contributed by atoms with Gasteiger partial charge in [0, 0.05) is 0 Å². The average Bonchev–Trinajstić information content (AvgIpc) is 2.72. The van der Waals surface area contributed by atoms with E-state index in [1.54, 1.807) is 16.8 Å². The third-order valence-corrected chi connectivity index (χ3v) is 3.51. The van der Waals surface area contributed by atoms with E-state index in [-0.39, 0.29) is 5.97 Å². The Hall–Kier alpha value is -1.81. The molecule has 0 bridgehead atoms. The average molecular weight is 293 g/mol. The zero-order chi connectivity index (χ0) is 14.7. The van der Waals surface area contributed by atoms with Gasteiger partial charge in [0.05, 0.1) is 34.3 Å². The van der Waals surface area contributed by atoms with E-state index < -0.39 is 0 Å². The fourth-order valence-electron chi connectivity index (χ4n) is 1.92. The summed E-state index contributed by atoms with van der Waals surface area (Å²) in [5.41, 5.74) is 2.93. The Bertz CT molecular complexity index is 635. The highest BCUT2D eigenvalue weighted by molar-refractivity contribution is 6.31. The van der Waals surface area contributed by atoms with Gasteiger partial charge in [-0.05, 0) is 38.5 Å². The number of hydrogen-bond acceptors (Lipinski definition) is 3. The fourth-order valence-corrected chi connectivity index (χ4v) is 2.04. The topological polar surface area (TPSA) is 44.1 Å². The lowest BCUT2D eigenvalue weighted by molar-refractivity contribution is 0.0505. The first-order valence-electron chi connectivity index (χ1n) is 6.54. The van der Waals surface area contributed by atoms with Gasteiger partial charge in [-0.2, -0.15) is 5.10 Å². The normalized spacial score (nSPS) is 10.6. The van der Waals surface area contributed by atoms with Crippen LogP contribution in [0.5, 0.6) is 0 Å². The summed E-state index contributed by atoms with van der Waals surface area (Å²) in [6, 6.07) is 7.18. The van der Waals surface area contributed by atoms with E-state index in [2.05, 4.69) is 5.10 Å². The van der Waals surface area contributed by atoms with Gasteiger partial charge in [0.1, 0.15) is 0 Å². The SMILES string of the molecule is CCCOC(=O)c1cccc(-n2nc(C)c(Cl)c2C)c1. The van der Waals surface area contributed by atoms with Gasteiger partial charge < -0.3 is 4.74 Å². The van der Waals surface area contributed by atoms with Gasteiger partial charge >= 0.3 is 5.97 Å². The lowest BCUT2D eigenvalue weighted by Crippen LogP contribution is -2.07. The van der Waals surface area contributed by atoms with Gasteiger partial charge in [0.25, 0.3) is 0 Å². The van der Waals surface area contributed by atoms with E-state index in [9.17, 15) is 4.79 Å². The first-order chi connectivity index (χ1) is 9.54. The molecule has 0 aliphatic rings. The maximum atomic E-state index is 11.9. The second-order valence-corrected chi connectivity index (χ2v) is 4.96. The molecule has 2 aromatic rings. The quantitative estimate of drug-likeness (QED) is 0.807. The second kappa shape index (κ2) is 6.09. The number of hydrogen-bond donors (Lipinski definition) is 0. The molecule has 1 aromatic carbocycles. The zero-order valence-corrected chi connectivity index (χ0v) is 12.6. The standard InChI is InChI=1S/C15H17ClN2O2/c1-4-8-20-15(19)12-6-5-7-13(9-12)18-11(3)14(16)10(2)17-18/h5-7,9H,4,8H2,1-3H3. The number of aryl methyl sites for hydroxylation is 1. The molecule has 0 aliphatic carbocycles. The van der Waals surface area contributed by atoms with Crippen LogP contribution in [0.3, 0.4) is 0 Å². The van der Waals surface area contributed by atoms with Crippen molar-refractivity contribution >= 4 is 17.6 Å². The van der Waals surface area contributed by atoms with Gasteiger partial charge in [-0.25, -0.2) is 9.48 Å². The fraction of sp³-hybridized carbons (Fsp3) is 0.333.